The van der Waals surface area contributed by atoms with E-state index in [-0.39, 0.29) is 5.28 Å². The summed E-state index contributed by atoms with van der Waals surface area (Å²) >= 11 is 5.13. The van der Waals surface area contributed by atoms with Crippen LogP contribution in [-0.2, 0) is 0 Å². The molecule has 0 N–H and O–H groups in total. The van der Waals surface area contributed by atoms with Crippen molar-refractivity contribution >= 4 is 11.6 Å². The van der Waals surface area contributed by atoms with Crippen LogP contribution in [0.2, 0.25) is 5.28 Å². The minimum absolute atomic E-state index is 0.105. The first-order valence-electron chi connectivity index (χ1n) is 1.72. The Labute approximate surface area is 49.5 Å². The van der Waals surface area contributed by atoms with Crippen LogP contribution in [0.4, 0.5) is 4.39 Å². The average Bonchev–Trinajstić information content (AvgIpc) is 1.77. The van der Waals surface area contributed by atoms with Crippen molar-refractivity contribution in [1.82, 2.24) is 15.2 Å². The SMILES string of the molecule is Fc1[c]nc(Cl)nn1. The molecule has 1 heterocycles. The predicted octanol–water partition coefficient (Wildman–Crippen LogP) is 0.464. The lowest BCUT2D eigenvalue weighted by Crippen LogP contribution is -1.89. The highest BCUT2D eigenvalue weighted by Gasteiger charge is 1.91. The molecule has 41 valence electrons. The number of hydrogen-bond donors (Lipinski definition) is 0. The van der Waals surface area contributed by atoms with E-state index in [4.69, 9.17) is 11.6 Å². The highest BCUT2D eigenvalue weighted by molar-refractivity contribution is 6.28. The van der Waals surface area contributed by atoms with E-state index in [1.54, 1.807) is 0 Å². The van der Waals surface area contributed by atoms with Crippen molar-refractivity contribution in [2.24, 2.45) is 0 Å². The van der Waals surface area contributed by atoms with Crippen molar-refractivity contribution in [1.29, 1.82) is 0 Å². The van der Waals surface area contributed by atoms with E-state index in [1.165, 1.54) is 0 Å². The quantitative estimate of drug-likeness (QED) is 0.515. The Hall–Kier alpha value is -0.770. The molecule has 0 unspecified atom stereocenters. The van der Waals surface area contributed by atoms with Gasteiger partial charge in [0.2, 0.25) is 5.28 Å². The highest BCUT2D eigenvalue weighted by atomic mass is 35.5. The lowest BCUT2D eigenvalue weighted by molar-refractivity contribution is 0.550. The van der Waals surface area contributed by atoms with Crippen molar-refractivity contribution < 1.29 is 4.39 Å². The van der Waals surface area contributed by atoms with Crippen LogP contribution in [0.25, 0.3) is 0 Å². The van der Waals surface area contributed by atoms with Crippen molar-refractivity contribution in [3.63, 3.8) is 0 Å². The molecule has 0 amide bonds. The predicted molar refractivity (Wildman–Crippen MR) is 23.6 cm³/mol. The molecule has 0 atom stereocenters. The molecule has 5 heteroatoms. The Morgan fingerprint density at radius 3 is 2.62 bits per heavy atom. The molecule has 3 nitrogen and oxygen atoms in total. The maximum Gasteiger partial charge on any atom is 0.261 e. The molecule has 0 aliphatic heterocycles. The van der Waals surface area contributed by atoms with E-state index in [9.17, 15) is 4.39 Å². The van der Waals surface area contributed by atoms with Crippen molar-refractivity contribution in [3.8, 4) is 0 Å². The van der Waals surface area contributed by atoms with Crippen LogP contribution in [0.1, 0.15) is 0 Å². The smallest absolute Gasteiger partial charge is 0.210 e. The fourth-order valence-corrected chi connectivity index (χ4v) is 0.302. The van der Waals surface area contributed by atoms with Gasteiger partial charge in [-0.25, -0.2) is 4.98 Å². The van der Waals surface area contributed by atoms with Crippen LogP contribution in [-0.4, -0.2) is 15.2 Å². The van der Waals surface area contributed by atoms with E-state index >= 15 is 0 Å². The molecule has 0 fully saturated rings. The van der Waals surface area contributed by atoms with Gasteiger partial charge in [0.05, 0.1) is 0 Å². The van der Waals surface area contributed by atoms with Crippen LogP contribution in [0.3, 0.4) is 0 Å². The van der Waals surface area contributed by atoms with Crippen LogP contribution >= 0.6 is 11.6 Å². The molecule has 1 radical (unpaired) electrons. The topological polar surface area (TPSA) is 38.7 Å². The molecule has 0 aliphatic carbocycles. The van der Waals surface area contributed by atoms with Gasteiger partial charge in [0.25, 0.3) is 5.95 Å². The standard InChI is InChI=1S/C3ClFN3/c4-3-6-1-2(5)7-8-3. The second-order valence-corrected chi connectivity index (χ2v) is 1.32. The van der Waals surface area contributed by atoms with Crippen LogP contribution in [0.5, 0.6) is 0 Å². The maximum atomic E-state index is 11.7. The first kappa shape index (κ1) is 5.37. The van der Waals surface area contributed by atoms with Gasteiger partial charge >= 0.3 is 0 Å². The second kappa shape index (κ2) is 2.00. The molecule has 0 spiro atoms. The van der Waals surface area contributed by atoms with Gasteiger partial charge in [-0.3, -0.25) is 0 Å². The second-order valence-electron chi connectivity index (χ2n) is 0.983. The summed E-state index contributed by atoms with van der Waals surface area (Å²) in [5, 5.41) is 5.88. The minimum Gasteiger partial charge on any atom is -0.210 e. The Kier molecular flexibility index (Phi) is 1.34. The van der Waals surface area contributed by atoms with Crippen molar-refractivity contribution in [3.05, 3.63) is 17.4 Å². The third-order valence-electron chi connectivity index (χ3n) is 0.461. The Morgan fingerprint density at radius 1 is 1.50 bits per heavy atom. The number of aromatic nitrogens is 3. The summed E-state index contributed by atoms with van der Waals surface area (Å²) in [5.74, 6) is -0.852. The molecular formula is C3ClFN3. The zero-order chi connectivity index (χ0) is 5.98. The molecule has 0 saturated heterocycles. The van der Waals surface area contributed by atoms with E-state index in [0.717, 1.165) is 0 Å². The molecule has 0 saturated carbocycles. The third kappa shape index (κ3) is 1.10. The minimum atomic E-state index is -0.852. The number of halogens is 2. The van der Waals surface area contributed by atoms with E-state index in [2.05, 4.69) is 15.2 Å². The molecule has 0 aromatic carbocycles. The average molecular weight is 133 g/mol. The van der Waals surface area contributed by atoms with Gasteiger partial charge in [-0.05, 0) is 11.6 Å². The number of rotatable bonds is 0. The molecule has 0 aliphatic rings. The van der Waals surface area contributed by atoms with E-state index < -0.39 is 5.95 Å². The lowest BCUT2D eigenvalue weighted by atomic mass is 10.9. The molecule has 8 heavy (non-hydrogen) atoms. The summed E-state index contributed by atoms with van der Waals surface area (Å²) in [4.78, 5) is 3.17. The summed E-state index contributed by atoms with van der Waals surface area (Å²) in [6.45, 7) is 0. The Balaban J connectivity index is 3.03. The van der Waals surface area contributed by atoms with Crippen LogP contribution in [0.15, 0.2) is 0 Å². The summed E-state index contributed by atoms with van der Waals surface area (Å²) in [7, 11) is 0. The maximum absolute atomic E-state index is 11.7. The fourth-order valence-electron chi connectivity index (χ4n) is 0.222. The number of nitrogens with zero attached hydrogens (tertiary/aromatic N) is 3. The zero-order valence-corrected chi connectivity index (χ0v) is 4.35. The number of hydrogen-bond acceptors (Lipinski definition) is 3. The monoisotopic (exact) mass is 132 g/mol. The summed E-state index contributed by atoms with van der Waals surface area (Å²) in [5.41, 5.74) is 0. The zero-order valence-electron chi connectivity index (χ0n) is 3.60. The fraction of sp³-hybridized carbons (Fsp3) is 0. The molecule has 1 aromatic heterocycles. The molecule has 1 aromatic rings. The van der Waals surface area contributed by atoms with Gasteiger partial charge in [-0.1, -0.05) is 0 Å². The molecular weight excluding hydrogens is 133 g/mol. The normalized spacial score (nSPS) is 9.25. The van der Waals surface area contributed by atoms with Crippen LogP contribution in [0, 0.1) is 12.1 Å². The van der Waals surface area contributed by atoms with Gasteiger partial charge in [0.15, 0.2) is 6.20 Å². The Morgan fingerprint density at radius 2 is 2.25 bits per heavy atom. The van der Waals surface area contributed by atoms with Gasteiger partial charge in [-0.15, -0.1) is 10.2 Å². The van der Waals surface area contributed by atoms with Gasteiger partial charge < -0.3 is 0 Å². The third-order valence-corrected chi connectivity index (χ3v) is 0.621. The first-order valence-corrected chi connectivity index (χ1v) is 2.10. The van der Waals surface area contributed by atoms with Crippen molar-refractivity contribution in [2.75, 3.05) is 0 Å². The largest absolute Gasteiger partial charge is 0.261 e. The van der Waals surface area contributed by atoms with E-state index in [1.807, 2.05) is 6.20 Å². The Bertz CT molecular complexity index is 153. The van der Waals surface area contributed by atoms with E-state index in [0.29, 0.717) is 0 Å². The molecule has 1 rings (SSSR count). The highest BCUT2D eigenvalue weighted by Crippen LogP contribution is 1.92. The van der Waals surface area contributed by atoms with Gasteiger partial charge in [0, 0.05) is 0 Å². The van der Waals surface area contributed by atoms with Gasteiger partial charge in [-0.2, -0.15) is 4.39 Å². The summed E-state index contributed by atoms with van der Waals surface area (Å²) in [6.07, 6.45) is 1.88. The van der Waals surface area contributed by atoms with Crippen LogP contribution < -0.4 is 0 Å². The lowest BCUT2D eigenvalue weighted by Gasteiger charge is -1.80. The summed E-state index contributed by atoms with van der Waals surface area (Å²) < 4.78 is 11.7. The van der Waals surface area contributed by atoms with Crippen molar-refractivity contribution in [2.45, 2.75) is 0 Å². The van der Waals surface area contributed by atoms with Gasteiger partial charge in [0.1, 0.15) is 0 Å². The summed E-state index contributed by atoms with van der Waals surface area (Å²) in [6, 6.07) is 0. The first-order chi connectivity index (χ1) is 3.79. The molecule has 0 bridgehead atoms.